The Morgan fingerprint density at radius 2 is 1.93 bits per heavy atom. The summed E-state index contributed by atoms with van der Waals surface area (Å²) < 4.78 is 12.3. The van der Waals surface area contributed by atoms with Gasteiger partial charge in [0, 0.05) is 10.6 Å². The lowest BCUT2D eigenvalue weighted by Crippen LogP contribution is -2.15. The number of hydrogen-bond donors (Lipinski definition) is 2. The summed E-state index contributed by atoms with van der Waals surface area (Å²) in [7, 11) is 2.97. The van der Waals surface area contributed by atoms with Crippen molar-refractivity contribution in [1.29, 1.82) is 0 Å². The quantitative estimate of drug-likeness (QED) is 0.621. The molecular weight excluding hydrogens is 426 g/mol. The molecule has 1 unspecified atom stereocenters. The minimum atomic E-state index is -0.227. The van der Waals surface area contributed by atoms with Gasteiger partial charge in [-0.2, -0.15) is 5.10 Å². The van der Waals surface area contributed by atoms with Gasteiger partial charge >= 0.3 is 0 Å². The molecular formula is C21H20ClN3O4S. The molecule has 2 aromatic carbocycles. The monoisotopic (exact) mass is 445 g/mol. The van der Waals surface area contributed by atoms with E-state index in [2.05, 4.69) is 10.4 Å². The van der Waals surface area contributed by atoms with E-state index >= 15 is 0 Å². The number of ether oxygens (including phenoxy) is 2. The van der Waals surface area contributed by atoms with Crippen LogP contribution >= 0.6 is 23.4 Å². The number of thioether (sulfide) groups is 1. The SMILES string of the molecule is COc1cc(C2SCC(=O)Nc3c2c(C)nn3-c2cccc(Cl)c2)cc(OC)c1O. The molecule has 2 heterocycles. The molecule has 3 aromatic rings. The molecule has 0 fully saturated rings. The predicted molar refractivity (Wildman–Crippen MR) is 117 cm³/mol. The summed E-state index contributed by atoms with van der Waals surface area (Å²) in [5, 5.41) is 18.3. The van der Waals surface area contributed by atoms with Gasteiger partial charge < -0.3 is 19.9 Å². The van der Waals surface area contributed by atoms with E-state index in [0.29, 0.717) is 22.3 Å². The second-order valence-corrected chi connectivity index (χ2v) is 8.28. The van der Waals surface area contributed by atoms with Crippen LogP contribution in [0.15, 0.2) is 36.4 Å². The molecule has 1 aliphatic rings. The molecule has 1 aromatic heterocycles. The summed E-state index contributed by atoms with van der Waals surface area (Å²) >= 11 is 7.64. The Bertz CT molecular complexity index is 1110. The number of benzene rings is 2. The number of hydrogen-bond acceptors (Lipinski definition) is 6. The number of amides is 1. The third kappa shape index (κ3) is 3.57. The minimum Gasteiger partial charge on any atom is -0.502 e. The van der Waals surface area contributed by atoms with E-state index < -0.39 is 0 Å². The number of phenols is 1. The van der Waals surface area contributed by atoms with E-state index in [1.54, 1.807) is 28.9 Å². The van der Waals surface area contributed by atoms with Gasteiger partial charge in [-0.3, -0.25) is 4.79 Å². The third-order valence-electron chi connectivity index (χ3n) is 4.87. The fourth-order valence-electron chi connectivity index (χ4n) is 3.51. The number of nitrogens with one attached hydrogen (secondary N) is 1. The Hall–Kier alpha value is -2.84. The highest BCUT2D eigenvalue weighted by atomic mass is 35.5. The summed E-state index contributed by atoms with van der Waals surface area (Å²) in [6.07, 6.45) is 0. The van der Waals surface area contributed by atoms with Gasteiger partial charge in [0.15, 0.2) is 11.5 Å². The van der Waals surface area contributed by atoms with Gasteiger partial charge in [-0.05, 0) is 42.8 Å². The second kappa shape index (κ2) is 8.12. The number of aromatic nitrogens is 2. The molecule has 0 radical (unpaired) electrons. The van der Waals surface area contributed by atoms with Crippen LogP contribution in [0.1, 0.15) is 22.1 Å². The Morgan fingerprint density at radius 1 is 1.23 bits per heavy atom. The fourth-order valence-corrected chi connectivity index (χ4v) is 4.86. The Kier molecular flexibility index (Phi) is 5.53. The summed E-state index contributed by atoms with van der Waals surface area (Å²) in [6.45, 7) is 1.90. The fraction of sp³-hybridized carbons (Fsp3) is 0.238. The molecule has 0 spiro atoms. The van der Waals surface area contributed by atoms with Crippen LogP contribution in [0.3, 0.4) is 0 Å². The standard InChI is InChI=1S/C21H20ClN3O4S/c1-11-18-20(12-7-15(28-2)19(27)16(8-12)29-3)30-10-17(26)23-21(18)25(24-11)14-6-4-5-13(22)9-14/h4-9,20,27H,10H2,1-3H3,(H,23,26). The molecule has 7 nitrogen and oxygen atoms in total. The maximum atomic E-state index is 12.5. The van der Waals surface area contributed by atoms with Crippen molar-refractivity contribution in [2.75, 3.05) is 25.3 Å². The van der Waals surface area contributed by atoms with Crippen LogP contribution in [0.4, 0.5) is 5.82 Å². The minimum absolute atomic E-state index is 0.0665. The Morgan fingerprint density at radius 3 is 2.57 bits per heavy atom. The first-order valence-corrected chi connectivity index (χ1v) is 10.6. The number of aryl methyl sites for hydroxylation is 1. The molecule has 0 saturated heterocycles. The van der Waals surface area contributed by atoms with Crippen LogP contribution in [0.5, 0.6) is 17.2 Å². The molecule has 30 heavy (non-hydrogen) atoms. The van der Waals surface area contributed by atoms with E-state index in [-0.39, 0.29) is 22.7 Å². The van der Waals surface area contributed by atoms with E-state index in [9.17, 15) is 9.90 Å². The van der Waals surface area contributed by atoms with Gasteiger partial charge in [0.25, 0.3) is 0 Å². The van der Waals surface area contributed by atoms with E-state index in [0.717, 1.165) is 22.5 Å². The molecule has 156 valence electrons. The van der Waals surface area contributed by atoms with Gasteiger partial charge in [0.2, 0.25) is 11.7 Å². The zero-order valence-electron chi connectivity index (χ0n) is 16.6. The zero-order chi connectivity index (χ0) is 21.4. The topological polar surface area (TPSA) is 85.6 Å². The van der Waals surface area contributed by atoms with Gasteiger partial charge in [-0.15, -0.1) is 11.8 Å². The average Bonchev–Trinajstić information content (AvgIpc) is 2.93. The number of rotatable bonds is 4. The highest BCUT2D eigenvalue weighted by Gasteiger charge is 2.31. The molecule has 1 atom stereocenters. The summed E-state index contributed by atoms with van der Waals surface area (Å²) in [5.74, 6) is 1.28. The summed E-state index contributed by atoms with van der Waals surface area (Å²) in [4.78, 5) is 12.5. The van der Waals surface area contributed by atoms with Crippen molar-refractivity contribution < 1.29 is 19.4 Å². The van der Waals surface area contributed by atoms with Crippen molar-refractivity contribution in [3.05, 3.63) is 58.2 Å². The second-order valence-electron chi connectivity index (χ2n) is 6.75. The largest absolute Gasteiger partial charge is 0.502 e. The van der Waals surface area contributed by atoms with Gasteiger partial charge in [0.05, 0.1) is 36.6 Å². The number of methoxy groups -OCH3 is 2. The third-order valence-corrected chi connectivity index (χ3v) is 6.37. The Balaban J connectivity index is 1.91. The molecule has 0 saturated carbocycles. The summed E-state index contributed by atoms with van der Waals surface area (Å²) in [5.41, 5.74) is 3.23. The smallest absolute Gasteiger partial charge is 0.235 e. The van der Waals surface area contributed by atoms with Crippen molar-refractivity contribution in [3.8, 4) is 22.9 Å². The van der Waals surface area contributed by atoms with Crippen molar-refractivity contribution in [3.63, 3.8) is 0 Å². The van der Waals surface area contributed by atoms with E-state index in [1.807, 2.05) is 19.1 Å². The number of carbonyl (C=O) groups is 1. The van der Waals surface area contributed by atoms with Crippen LogP contribution in [0.2, 0.25) is 5.02 Å². The highest BCUT2D eigenvalue weighted by Crippen LogP contribution is 2.48. The number of carbonyl (C=O) groups excluding carboxylic acids is 1. The van der Waals surface area contributed by atoms with E-state index in [1.165, 1.54) is 26.0 Å². The molecule has 0 bridgehead atoms. The van der Waals surface area contributed by atoms with Gasteiger partial charge in [-0.25, -0.2) is 4.68 Å². The van der Waals surface area contributed by atoms with E-state index in [4.69, 9.17) is 21.1 Å². The number of anilines is 1. The first-order chi connectivity index (χ1) is 14.4. The van der Waals surface area contributed by atoms with Crippen molar-refractivity contribution >= 4 is 35.1 Å². The van der Waals surface area contributed by atoms with Crippen LogP contribution < -0.4 is 14.8 Å². The normalized spacial score (nSPS) is 15.9. The van der Waals surface area contributed by atoms with Crippen LogP contribution in [0.25, 0.3) is 5.69 Å². The first kappa shape index (κ1) is 20.4. The predicted octanol–water partition coefficient (Wildman–Crippen LogP) is 4.33. The van der Waals surface area contributed by atoms with Crippen molar-refractivity contribution in [1.82, 2.24) is 9.78 Å². The average molecular weight is 446 g/mol. The lowest BCUT2D eigenvalue weighted by molar-refractivity contribution is -0.113. The molecule has 2 N–H and O–H groups in total. The van der Waals surface area contributed by atoms with Crippen LogP contribution in [-0.4, -0.2) is 40.8 Å². The molecule has 9 heteroatoms. The number of halogens is 1. The summed E-state index contributed by atoms with van der Waals surface area (Å²) in [6, 6.07) is 10.8. The molecule has 0 aliphatic carbocycles. The zero-order valence-corrected chi connectivity index (χ0v) is 18.2. The van der Waals surface area contributed by atoms with Crippen LogP contribution in [-0.2, 0) is 4.79 Å². The number of phenolic OH excluding ortho intramolecular Hbond substituents is 1. The molecule has 1 amide bonds. The van der Waals surface area contributed by atoms with Crippen molar-refractivity contribution in [2.45, 2.75) is 12.2 Å². The first-order valence-electron chi connectivity index (χ1n) is 9.14. The number of aromatic hydroxyl groups is 1. The number of fused-ring (bicyclic) bond motifs is 1. The lowest BCUT2D eigenvalue weighted by atomic mass is 10.0. The highest BCUT2D eigenvalue weighted by molar-refractivity contribution is 8.00. The Labute approximate surface area is 182 Å². The van der Waals surface area contributed by atoms with Gasteiger partial charge in [0.1, 0.15) is 5.82 Å². The van der Waals surface area contributed by atoms with Crippen molar-refractivity contribution in [2.24, 2.45) is 0 Å². The van der Waals surface area contributed by atoms with Gasteiger partial charge in [-0.1, -0.05) is 17.7 Å². The number of nitrogens with zero attached hydrogens (tertiary/aromatic N) is 2. The maximum absolute atomic E-state index is 12.5. The maximum Gasteiger partial charge on any atom is 0.235 e. The molecule has 1 aliphatic heterocycles. The lowest BCUT2D eigenvalue weighted by Gasteiger charge is -2.18. The van der Waals surface area contributed by atoms with Crippen LogP contribution in [0, 0.1) is 6.92 Å². The molecule has 4 rings (SSSR count).